The number of carbonyl (C=O) groups is 2. The van der Waals surface area contributed by atoms with E-state index in [1.807, 2.05) is 0 Å². The lowest BCUT2D eigenvalue weighted by molar-refractivity contribution is -0.157. The van der Waals surface area contributed by atoms with Gasteiger partial charge in [0.2, 0.25) is 18.6 Å². The Kier molecular flexibility index (Phi) is 2.29. The molecule has 0 spiro atoms. The molecule has 3 aliphatic rings. The molecule has 6 rings (SSSR count). The second kappa shape index (κ2) is 5.76. The SMILES string of the molecule is [2H]c1c([2H])c([C@]2([2H])c3[nH]c4ccccc4c3C([2H])([2H])[C@@H]3C(=O)N(C)CC(=O)N32)c([2H])c2c1OCO2. The van der Waals surface area contributed by atoms with Gasteiger partial charge in [-0.05, 0) is 29.3 Å². The van der Waals surface area contributed by atoms with Gasteiger partial charge in [-0.3, -0.25) is 9.59 Å². The number of likely N-dealkylation sites (N-methyl/N-ethyl adjacent to an activating group) is 1. The van der Waals surface area contributed by atoms with Crippen LogP contribution < -0.4 is 9.47 Å². The monoisotopic (exact) mass is 395 g/mol. The van der Waals surface area contributed by atoms with Crippen molar-refractivity contribution in [3.8, 4) is 11.5 Å². The Bertz CT molecular complexity index is 1470. The fourth-order valence-corrected chi connectivity index (χ4v) is 4.02. The van der Waals surface area contributed by atoms with Gasteiger partial charge in [-0.25, -0.2) is 0 Å². The third kappa shape index (κ3) is 2.24. The number of H-pyrrole nitrogens is 1. The highest BCUT2D eigenvalue weighted by Gasteiger charge is 2.47. The minimum atomic E-state index is -2.40. The van der Waals surface area contributed by atoms with Crippen LogP contribution in [0.15, 0.2) is 42.4 Å². The van der Waals surface area contributed by atoms with Crippen molar-refractivity contribution in [2.24, 2.45) is 0 Å². The van der Waals surface area contributed by atoms with Crippen LogP contribution in [0.5, 0.6) is 11.5 Å². The minimum Gasteiger partial charge on any atom is -0.454 e. The molecular weight excluding hydrogens is 370 g/mol. The zero-order valence-corrected chi connectivity index (χ0v) is 15.3. The van der Waals surface area contributed by atoms with E-state index in [0.29, 0.717) is 10.9 Å². The van der Waals surface area contributed by atoms with Gasteiger partial charge in [-0.1, -0.05) is 24.2 Å². The third-order valence-corrected chi connectivity index (χ3v) is 5.36. The lowest BCUT2D eigenvalue weighted by atomic mass is 9.86. The van der Waals surface area contributed by atoms with Crippen molar-refractivity contribution >= 4 is 22.7 Å². The first-order valence-electron chi connectivity index (χ1n) is 12.1. The highest BCUT2D eigenvalue weighted by atomic mass is 16.7. The minimum absolute atomic E-state index is 0.00352. The summed E-state index contributed by atoms with van der Waals surface area (Å²) in [6, 6.07) is 1.22. The smallest absolute Gasteiger partial charge is 0.245 e. The van der Waals surface area contributed by atoms with Gasteiger partial charge in [0.15, 0.2) is 11.5 Å². The Morgan fingerprint density at radius 1 is 1.24 bits per heavy atom. The van der Waals surface area contributed by atoms with Crippen LogP contribution in [0.25, 0.3) is 10.9 Å². The van der Waals surface area contributed by atoms with E-state index in [1.165, 1.54) is 7.05 Å². The zero-order valence-electron chi connectivity index (χ0n) is 21.3. The van der Waals surface area contributed by atoms with E-state index in [2.05, 4.69) is 4.98 Å². The van der Waals surface area contributed by atoms with Crippen LogP contribution in [0.1, 0.15) is 31.1 Å². The molecule has 4 heterocycles. The molecule has 0 radical (unpaired) electrons. The Morgan fingerprint density at radius 2 is 2.07 bits per heavy atom. The summed E-state index contributed by atoms with van der Waals surface area (Å²) in [5, 5.41) is 0.419. The van der Waals surface area contributed by atoms with Crippen LogP contribution in [-0.4, -0.2) is 53.0 Å². The second-order valence-corrected chi connectivity index (χ2v) is 7.09. The summed E-state index contributed by atoms with van der Waals surface area (Å²) < 4.78 is 64.3. The van der Waals surface area contributed by atoms with Crippen LogP contribution in [0, 0.1) is 0 Å². The first-order chi connectivity index (χ1) is 16.5. The van der Waals surface area contributed by atoms with Crippen molar-refractivity contribution in [1.29, 1.82) is 0 Å². The molecule has 0 bridgehead atoms. The van der Waals surface area contributed by atoms with Crippen molar-refractivity contribution < 1.29 is 27.3 Å². The molecule has 2 atom stereocenters. The van der Waals surface area contributed by atoms with Crippen LogP contribution in [0.4, 0.5) is 0 Å². The van der Waals surface area contributed by atoms with Gasteiger partial charge in [0.05, 0.1) is 18.0 Å². The summed E-state index contributed by atoms with van der Waals surface area (Å²) in [6.45, 7) is -0.670. The molecule has 7 nitrogen and oxygen atoms in total. The molecule has 3 aliphatic heterocycles. The molecule has 1 aromatic heterocycles. The summed E-state index contributed by atoms with van der Waals surface area (Å²) in [5.41, 5.74) is 0.0245. The summed E-state index contributed by atoms with van der Waals surface area (Å²) >= 11 is 0. The number of nitrogens with zero attached hydrogens (tertiary/aromatic N) is 2. The lowest BCUT2D eigenvalue weighted by Gasteiger charge is -2.46. The molecule has 1 saturated heterocycles. The van der Waals surface area contributed by atoms with Crippen molar-refractivity contribution in [2.45, 2.75) is 18.4 Å². The average molecular weight is 395 g/mol. The Labute approximate surface area is 175 Å². The number of hydrogen-bond acceptors (Lipinski definition) is 4. The zero-order chi connectivity index (χ0) is 25.0. The molecule has 1 N–H and O–H groups in total. The van der Waals surface area contributed by atoms with E-state index in [1.54, 1.807) is 24.3 Å². The molecule has 7 heteroatoms. The second-order valence-electron chi connectivity index (χ2n) is 7.09. The molecule has 29 heavy (non-hydrogen) atoms. The number of piperazine rings is 1. The molecule has 1 fully saturated rings. The topological polar surface area (TPSA) is 74.9 Å². The maximum Gasteiger partial charge on any atom is 0.245 e. The Hall–Kier alpha value is -3.48. The number of rotatable bonds is 1. The van der Waals surface area contributed by atoms with E-state index in [0.717, 1.165) is 9.80 Å². The number of aromatic amines is 1. The number of ether oxygens (including phenoxy) is 2. The highest BCUT2D eigenvalue weighted by molar-refractivity contribution is 5.97. The molecule has 0 aliphatic carbocycles. The van der Waals surface area contributed by atoms with Crippen LogP contribution in [-0.2, 0) is 16.0 Å². The van der Waals surface area contributed by atoms with Crippen molar-refractivity contribution in [3.63, 3.8) is 0 Å². The lowest BCUT2D eigenvalue weighted by Crippen LogP contribution is -2.62. The van der Waals surface area contributed by atoms with E-state index >= 15 is 0 Å². The fraction of sp³-hybridized carbons (Fsp3) is 0.273. The van der Waals surface area contributed by atoms with Crippen LogP contribution in [0.3, 0.4) is 0 Å². The molecular formula is C22H19N3O4. The van der Waals surface area contributed by atoms with E-state index in [9.17, 15) is 11.0 Å². The first-order valence-corrected chi connectivity index (χ1v) is 9.09. The molecule has 0 unspecified atom stereocenters. The summed E-state index contributed by atoms with van der Waals surface area (Å²) in [4.78, 5) is 31.8. The van der Waals surface area contributed by atoms with Crippen LogP contribution in [0.2, 0.25) is 0 Å². The number of benzene rings is 2. The molecule has 0 saturated carbocycles. The number of amides is 2. The number of hydrogen-bond donors (Lipinski definition) is 1. The van der Waals surface area contributed by atoms with E-state index in [4.69, 9.17) is 16.3 Å². The number of carbonyl (C=O) groups excluding carboxylic acids is 2. The van der Waals surface area contributed by atoms with E-state index in [-0.39, 0.29) is 35.1 Å². The van der Waals surface area contributed by atoms with Gasteiger partial charge in [0.1, 0.15) is 6.04 Å². The van der Waals surface area contributed by atoms with Gasteiger partial charge in [0.25, 0.3) is 0 Å². The normalized spacial score (nSPS) is 30.0. The van der Waals surface area contributed by atoms with Crippen molar-refractivity contribution in [2.75, 3.05) is 20.4 Å². The largest absolute Gasteiger partial charge is 0.454 e. The fourth-order valence-electron chi connectivity index (χ4n) is 4.02. The molecule has 2 aromatic carbocycles. The van der Waals surface area contributed by atoms with E-state index < -0.39 is 54.9 Å². The summed E-state index contributed by atoms with van der Waals surface area (Å²) in [5.74, 6) is -1.66. The number of nitrogens with one attached hydrogen (secondary N) is 1. The number of aromatic nitrogens is 1. The number of fused-ring (bicyclic) bond motifs is 5. The first kappa shape index (κ1) is 11.5. The standard InChI is InChI=1S/C22H19N3O4/c1-24-10-19(26)25-16(22(24)27)9-14-13-4-2-3-5-15(13)23-20(14)21(25)12-6-7-17-18(8-12)29-11-28-17/h2-8,16,21,23H,9-11H2,1H3/t16-,21-/m1/s1/i6D,7D,8D,9D2,21D. The van der Waals surface area contributed by atoms with Gasteiger partial charge >= 0.3 is 0 Å². The summed E-state index contributed by atoms with van der Waals surface area (Å²) in [7, 11) is 1.39. The molecule has 146 valence electrons. The van der Waals surface area contributed by atoms with Gasteiger partial charge in [0, 0.05) is 32.8 Å². The maximum absolute atomic E-state index is 13.4. The van der Waals surface area contributed by atoms with Crippen LogP contribution >= 0.6 is 0 Å². The Balaban J connectivity index is 1.78. The maximum atomic E-state index is 13.4. The van der Waals surface area contributed by atoms with Gasteiger partial charge in [-0.15, -0.1) is 0 Å². The highest BCUT2D eigenvalue weighted by Crippen LogP contribution is 2.44. The van der Waals surface area contributed by atoms with Gasteiger partial charge < -0.3 is 24.3 Å². The predicted molar refractivity (Wildman–Crippen MR) is 105 cm³/mol. The Morgan fingerprint density at radius 3 is 2.97 bits per heavy atom. The third-order valence-electron chi connectivity index (χ3n) is 5.36. The van der Waals surface area contributed by atoms with Gasteiger partial charge in [-0.2, -0.15) is 0 Å². The molecule has 3 aromatic rings. The van der Waals surface area contributed by atoms with Crippen molar-refractivity contribution in [3.05, 3.63) is 59.2 Å². The number of para-hydroxylation sites is 1. The quantitative estimate of drug-likeness (QED) is 0.686. The predicted octanol–water partition coefficient (Wildman–Crippen LogP) is 2.21. The van der Waals surface area contributed by atoms with Crippen molar-refractivity contribution in [1.82, 2.24) is 14.8 Å². The summed E-state index contributed by atoms with van der Waals surface area (Å²) in [6.07, 6.45) is -2.40. The average Bonchev–Trinajstić information content (AvgIpc) is 3.45. The molecule has 2 amide bonds.